The van der Waals surface area contributed by atoms with Gasteiger partial charge in [0.25, 0.3) is 0 Å². The number of benzene rings is 1. The molecule has 0 spiro atoms. The molecular weight excluding hydrogens is 350 g/mol. The Morgan fingerprint density at radius 2 is 1.71 bits per heavy atom. The molecule has 0 amide bonds. The molecule has 5 heteroatoms. The van der Waals surface area contributed by atoms with Crippen molar-refractivity contribution in [3.8, 4) is 11.3 Å². The Balaban J connectivity index is 1.48. The zero-order valence-electron chi connectivity index (χ0n) is 16.8. The van der Waals surface area contributed by atoms with Crippen LogP contribution in [0.3, 0.4) is 0 Å². The van der Waals surface area contributed by atoms with Gasteiger partial charge in [-0.3, -0.25) is 0 Å². The Labute approximate surface area is 167 Å². The number of hydrogen-bond acceptors (Lipinski definition) is 5. The van der Waals surface area contributed by atoms with E-state index < -0.39 is 0 Å². The number of hydrogen-bond donors (Lipinski definition) is 0. The molecule has 2 heterocycles. The molecule has 0 fully saturated rings. The second-order valence-corrected chi connectivity index (χ2v) is 6.79. The zero-order chi connectivity index (χ0) is 19.6. The average Bonchev–Trinajstić information content (AvgIpc) is 2.75. The van der Waals surface area contributed by atoms with Gasteiger partial charge >= 0.3 is 0 Å². The van der Waals surface area contributed by atoms with Crippen molar-refractivity contribution in [2.75, 3.05) is 44.9 Å². The number of para-hydroxylation sites is 1. The SMILES string of the molecule is CCCCOCCOCCN(C)c1ccc(-c2ccc3ccccc3n2)cn1. The van der Waals surface area contributed by atoms with Crippen LogP contribution in [0, 0.1) is 0 Å². The summed E-state index contributed by atoms with van der Waals surface area (Å²) in [5.41, 5.74) is 2.95. The van der Waals surface area contributed by atoms with E-state index in [-0.39, 0.29) is 0 Å². The molecule has 3 rings (SSSR count). The third kappa shape index (κ3) is 5.75. The monoisotopic (exact) mass is 379 g/mol. The van der Waals surface area contributed by atoms with E-state index >= 15 is 0 Å². The minimum absolute atomic E-state index is 0.636. The van der Waals surface area contributed by atoms with Gasteiger partial charge in [0.05, 0.1) is 31.0 Å². The number of ether oxygens (including phenoxy) is 2. The Kier molecular flexibility index (Phi) is 7.76. The molecule has 0 aliphatic rings. The fourth-order valence-corrected chi connectivity index (χ4v) is 2.87. The van der Waals surface area contributed by atoms with Crippen LogP contribution in [0.15, 0.2) is 54.7 Å². The zero-order valence-corrected chi connectivity index (χ0v) is 16.8. The first-order valence-electron chi connectivity index (χ1n) is 9.97. The Hall–Kier alpha value is -2.50. The Morgan fingerprint density at radius 1 is 0.893 bits per heavy atom. The summed E-state index contributed by atoms with van der Waals surface area (Å²) in [7, 11) is 2.03. The van der Waals surface area contributed by atoms with Crippen molar-refractivity contribution >= 4 is 16.7 Å². The lowest BCUT2D eigenvalue weighted by atomic mass is 10.1. The van der Waals surface area contributed by atoms with Gasteiger partial charge < -0.3 is 14.4 Å². The predicted octanol–water partition coefficient (Wildman–Crippen LogP) is 4.57. The van der Waals surface area contributed by atoms with E-state index in [9.17, 15) is 0 Å². The molecule has 0 atom stereocenters. The van der Waals surface area contributed by atoms with E-state index in [0.717, 1.165) is 54.0 Å². The van der Waals surface area contributed by atoms with Crippen LogP contribution in [0.5, 0.6) is 0 Å². The maximum atomic E-state index is 5.64. The van der Waals surface area contributed by atoms with Gasteiger partial charge in [-0.15, -0.1) is 0 Å². The molecule has 0 saturated heterocycles. The molecule has 0 saturated carbocycles. The summed E-state index contributed by atoms with van der Waals surface area (Å²) < 4.78 is 11.1. The topological polar surface area (TPSA) is 47.5 Å². The summed E-state index contributed by atoms with van der Waals surface area (Å²) >= 11 is 0. The molecule has 0 radical (unpaired) electrons. The number of unbranched alkanes of at least 4 members (excludes halogenated alkanes) is 1. The molecule has 0 bridgehead atoms. The lowest BCUT2D eigenvalue weighted by Crippen LogP contribution is -2.24. The van der Waals surface area contributed by atoms with Crippen molar-refractivity contribution in [2.24, 2.45) is 0 Å². The first kappa shape index (κ1) is 20.2. The van der Waals surface area contributed by atoms with Crippen LogP contribution in [0.2, 0.25) is 0 Å². The largest absolute Gasteiger partial charge is 0.379 e. The van der Waals surface area contributed by atoms with Crippen LogP contribution in [0.4, 0.5) is 5.82 Å². The van der Waals surface area contributed by atoms with Crippen LogP contribution < -0.4 is 4.90 Å². The van der Waals surface area contributed by atoms with Gasteiger partial charge in [-0.1, -0.05) is 37.6 Å². The lowest BCUT2D eigenvalue weighted by molar-refractivity contribution is 0.0494. The first-order chi connectivity index (χ1) is 13.8. The second-order valence-electron chi connectivity index (χ2n) is 6.79. The molecule has 5 nitrogen and oxygen atoms in total. The molecule has 0 unspecified atom stereocenters. The minimum atomic E-state index is 0.636. The average molecular weight is 380 g/mol. The molecule has 0 N–H and O–H groups in total. The van der Waals surface area contributed by atoms with Gasteiger partial charge in [-0.05, 0) is 30.7 Å². The minimum Gasteiger partial charge on any atom is -0.379 e. The van der Waals surface area contributed by atoms with Crippen molar-refractivity contribution in [1.82, 2.24) is 9.97 Å². The number of likely N-dealkylation sites (N-methyl/N-ethyl adjacent to an activating group) is 1. The maximum absolute atomic E-state index is 5.64. The van der Waals surface area contributed by atoms with Crippen LogP contribution >= 0.6 is 0 Å². The summed E-state index contributed by atoms with van der Waals surface area (Å²) in [6.07, 6.45) is 4.15. The van der Waals surface area contributed by atoms with Crippen molar-refractivity contribution < 1.29 is 9.47 Å². The van der Waals surface area contributed by atoms with E-state index in [2.05, 4.69) is 35.0 Å². The van der Waals surface area contributed by atoms with Crippen molar-refractivity contribution in [2.45, 2.75) is 19.8 Å². The van der Waals surface area contributed by atoms with Gasteiger partial charge in [-0.25, -0.2) is 9.97 Å². The third-order valence-electron chi connectivity index (χ3n) is 4.62. The highest BCUT2D eigenvalue weighted by Crippen LogP contribution is 2.21. The van der Waals surface area contributed by atoms with E-state index in [1.54, 1.807) is 0 Å². The molecular formula is C23H29N3O2. The summed E-state index contributed by atoms with van der Waals surface area (Å²) in [6.45, 7) is 5.72. The quantitative estimate of drug-likeness (QED) is 0.457. The van der Waals surface area contributed by atoms with Gasteiger partial charge in [0.2, 0.25) is 0 Å². The highest BCUT2D eigenvalue weighted by molar-refractivity contribution is 5.81. The number of anilines is 1. The fourth-order valence-electron chi connectivity index (χ4n) is 2.87. The van der Waals surface area contributed by atoms with E-state index in [0.29, 0.717) is 19.8 Å². The van der Waals surface area contributed by atoms with E-state index in [1.165, 1.54) is 0 Å². The van der Waals surface area contributed by atoms with Crippen LogP contribution in [0.1, 0.15) is 19.8 Å². The van der Waals surface area contributed by atoms with Crippen molar-refractivity contribution in [3.05, 3.63) is 54.7 Å². The number of fused-ring (bicyclic) bond motifs is 1. The fraction of sp³-hybridized carbons (Fsp3) is 0.391. The van der Waals surface area contributed by atoms with E-state index in [4.69, 9.17) is 14.5 Å². The molecule has 0 aliphatic carbocycles. The molecule has 2 aromatic heterocycles. The van der Waals surface area contributed by atoms with E-state index in [1.807, 2.05) is 43.6 Å². The Morgan fingerprint density at radius 3 is 2.50 bits per heavy atom. The van der Waals surface area contributed by atoms with Crippen LogP contribution in [0.25, 0.3) is 22.2 Å². The molecule has 148 valence electrons. The van der Waals surface area contributed by atoms with Crippen LogP contribution in [-0.4, -0.2) is 50.0 Å². The van der Waals surface area contributed by atoms with Gasteiger partial charge in [0, 0.05) is 37.3 Å². The molecule has 3 aromatic rings. The highest BCUT2D eigenvalue weighted by atomic mass is 16.5. The molecule has 0 aliphatic heterocycles. The van der Waals surface area contributed by atoms with Crippen LogP contribution in [-0.2, 0) is 9.47 Å². The van der Waals surface area contributed by atoms with Gasteiger partial charge in [-0.2, -0.15) is 0 Å². The standard InChI is InChI=1S/C23H29N3O2/c1-3-4-14-27-16-17-28-15-13-26(2)23-12-10-20(18-24-23)22-11-9-19-7-5-6-8-21(19)25-22/h5-12,18H,3-4,13-17H2,1-2H3. The number of pyridine rings is 2. The number of rotatable bonds is 11. The second kappa shape index (κ2) is 10.7. The summed E-state index contributed by atoms with van der Waals surface area (Å²) in [5.74, 6) is 0.923. The van der Waals surface area contributed by atoms with Crippen molar-refractivity contribution in [3.63, 3.8) is 0 Å². The Bertz CT molecular complexity index is 852. The van der Waals surface area contributed by atoms with Gasteiger partial charge in [0.15, 0.2) is 0 Å². The predicted molar refractivity (Wildman–Crippen MR) is 115 cm³/mol. The number of aromatic nitrogens is 2. The normalized spacial score (nSPS) is 11.1. The summed E-state index contributed by atoms with van der Waals surface area (Å²) in [4.78, 5) is 11.4. The highest BCUT2D eigenvalue weighted by Gasteiger charge is 2.05. The molecule has 28 heavy (non-hydrogen) atoms. The summed E-state index contributed by atoms with van der Waals surface area (Å²) in [5, 5.41) is 1.14. The lowest BCUT2D eigenvalue weighted by Gasteiger charge is -2.18. The molecule has 1 aromatic carbocycles. The third-order valence-corrected chi connectivity index (χ3v) is 4.62. The summed E-state index contributed by atoms with van der Waals surface area (Å²) in [6, 6.07) is 16.4. The first-order valence-corrected chi connectivity index (χ1v) is 9.97. The number of nitrogens with zero attached hydrogens (tertiary/aromatic N) is 3. The smallest absolute Gasteiger partial charge is 0.128 e. The maximum Gasteiger partial charge on any atom is 0.128 e. The van der Waals surface area contributed by atoms with Gasteiger partial charge in [0.1, 0.15) is 5.82 Å². The van der Waals surface area contributed by atoms with Crippen molar-refractivity contribution in [1.29, 1.82) is 0 Å².